The first kappa shape index (κ1) is 14.0. The fourth-order valence-electron chi connectivity index (χ4n) is 2.02. The van der Waals surface area contributed by atoms with Crippen molar-refractivity contribution in [1.29, 1.82) is 0 Å². The molecule has 0 fully saturated rings. The highest BCUT2D eigenvalue weighted by Crippen LogP contribution is 2.30. The van der Waals surface area contributed by atoms with E-state index in [9.17, 15) is 4.79 Å². The van der Waals surface area contributed by atoms with E-state index in [0.717, 1.165) is 0 Å². The van der Waals surface area contributed by atoms with Crippen LogP contribution in [0, 0.1) is 0 Å². The average molecular weight is 324 g/mol. The maximum Gasteiger partial charge on any atom is 0.263 e. The molecule has 0 unspecified atom stereocenters. The van der Waals surface area contributed by atoms with E-state index >= 15 is 0 Å². The summed E-state index contributed by atoms with van der Waals surface area (Å²) in [7, 11) is 0. The largest absolute Gasteiger partial charge is 0.472 e. The Morgan fingerprint density at radius 3 is 2.71 bits per heavy atom. The zero-order chi connectivity index (χ0) is 14.8. The van der Waals surface area contributed by atoms with E-state index in [2.05, 4.69) is 10.3 Å². The van der Waals surface area contributed by atoms with Crippen molar-refractivity contribution in [2.45, 2.75) is 0 Å². The number of guanidine groups is 1. The van der Waals surface area contributed by atoms with Crippen molar-refractivity contribution in [3.8, 4) is 0 Å². The minimum atomic E-state index is -0.185. The predicted molar refractivity (Wildman–Crippen MR) is 82.1 cm³/mol. The molecule has 21 heavy (non-hydrogen) atoms. The van der Waals surface area contributed by atoms with Gasteiger partial charge in [-0.1, -0.05) is 29.3 Å². The number of carbonyl (C=O) groups excluding carboxylic acids is 1. The maximum atomic E-state index is 12.4. The number of halogens is 2. The summed E-state index contributed by atoms with van der Waals surface area (Å²) in [6, 6.07) is 6.79. The van der Waals surface area contributed by atoms with E-state index in [1.165, 1.54) is 17.4 Å². The first-order chi connectivity index (χ1) is 10.2. The highest BCUT2D eigenvalue weighted by Gasteiger charge is 2.26. The molecule has 0 saturated carbocycles. The topological polar surface area (TPSA) is 57.8 Å². The third-order valence-electron chi connectivity index (χ3n) is 3.05. The molecule has 0 bridgehead atoms. The minimum absolute atomic E-state index is 0.185. The molecule has 1 aromatic heterocycles. The molecule has 1 amide bonds. The molecular weight excluding hydrogens is 313 g/mol. The molecule has 0 radical (unpaired) electrons. The Balaban J connectivity index is 1.84. The van der Waals surface area contributed by atoms with Crippen molar-refractivity contribution in [1.82, 2.24) is 4.90 Å². The molecule has 5 nitrogen and oxygen atoms in total. The first-order valence-electron chi connectivity index (χ1n) is 6.26. The highest BCUT2D eigenvalue weighted by atomic mass is 35.5. The Morgan fingerprint density at radius 1 is 1.29 bits per heavy atom. The number of anilines is 1. The Hall–Kier alpha value is -1.98. The summed E-state index contributed by atoms with van der Waals surface area (Å²) in [5, 5.41) is 3.96. The summed E-state index contributed by atoms with van der Waals surface area (Å²) in [5.41, 5.74) is 1.00. The van der Waals surface area contributed by atoms with E-state index < -0.39 is 0 Å². The van der Waals surface area contributed by atoms with Crippen LogP contribution in [-0.4, -0.2) is 29.9 Å². The SMILES string of the molecule is O=C(c1ccoc1)N1CCN=C1Nc1c(Cl)cccc1Cl. The molecule has 1 aromatic carbocycles. The van der Waals surface area contributed by atoms with Crippen molar-refractivity contribution in [3.63, 3.8) is 0 Å². The van der Waals surface area contributed by atoms with Crippen LogP contribution in [0.25, 0.3) is 0 Å². The number of para-hydroxylation sites is 1. The third-order valence-corrected chi connectivity index (χ3v) is 3.68. The van der Waals surface area contributed by atoms with Gasteiger partial charge in [0.1, 0.15) is 6.26 Å². The predicted octanol–water partition coefficient (Wildman–Crippen LogP) is 3.51. The third kappa shape index (κ3) is 2.75. The molecule has 0 aliphatic carbocycles. The van der Waals surface area contributed by atoms with Gasteiger partial charge >= 0.3 is 0 Å². The van der Waals surface area contributed by atoms with Gasteiger partial charge in [-0.2, -0.15) is 0 Å². The van der Waals surface area contributed by atoms with Crippen LogP contribution in [0.5, 0.6) is 0 Å². The fourth-order valence-corrected chi connectivity index (χ4v) is 2.51. The van der Waals surface area contributed by atoms with Gasteiger partial charge in [0, 0.05) is 6.54 Å². The van der Waals surface area contributed by atoms with Crippen molar-refractivity contribution in [2.75, 3.05) is 18.4 Å². The molecule has 1 N–H and O–H groups in total. The number of furan rings is 1. The summed E-state index contributed by atoms with van der Waals surface area (Å²) in [5.74, 6) is 0.242. The number of benzene rings is 1. The zero-order valence-corrected chi connectivity index (χ0v) is 12.4. The van der Waals surface area contributed by atoms with Gasteiger partial charge in [0.05, 0.1) is 34.1 Å². The van der Waals surface area contributed by atoms with Crippen LogP contribution in [-0.2, 0) is 0 Å². The molecule has 3 rings (SSSR count). The molecule has 0 saturated heterocycles. The zero-order valence-electron chi connectivity index (χ0n) is 10.8. The van der Waals surface area contributed by atoms with Gasteiger partial charge in [-0.15, -0.1) is 0 Å². The molecule has 1 aliphatic rings. The Morgan fingerprint density at radius 2 is 2.05 bits per heavy atom. The van der Waals surface area contributed by atoms with Gasteiger partial charge in [0.15, 0.2) is 0 Å². The molecule has 2 aromatic rings. The number of hydrogen-bond donors (Lipinski definition) is 1. The van der Waals surface area contributed by atoms with Crippen molar-refractivity contribution >= 4 is 40.8 Å². The van der Waals surface area contributed by atoms with Gasteiger partial charge < -0.3 is 9.73 Å². The Bertz CT molecular complexity index is 678. The second-order valence-corrected chi connectivity index (χ2v) is 5.21. The van der Waals surface area contributed by atoms with E-state index in [1.807, 2.05) is 0 Å². The number of nitrogens with zero attached hydrogens (tertiary/aromatic N) is 2. The number of hydrogen-bond acceptors (Lipinski definition) is 4. The minimum Gasteiger partial charge on any atom is -0.472 e. The lowest BCUT2D eigenvalue weighted by Gasteiger charge is -2.19. The van der Waals surface area contributed by atoms with Crippen LogP contribution in [0.1, 0.15) is 10.4 Å². The van der Waals surface area contributed by atoms with Crippen LogP contribution in [0.3, 0.4) is 0 Å². The highest BCUT2D eigenvalue weighted by molar-refractivity contribution is 6.40. The molecule has 108 valence electrons. The lowest BCUT2D eigenvalue weighted by molar-refractivity contribution is 0.0857. The number of carbonyl (C=O) groups is 1. The quantitative estimate of drug-likeness (QED) is 0.920. The lowest BCUT2D eigenvalue weighted by atomic mass is 10.3. The molecular formula is C14H11Cl2N3O2. The van der Waals surface area contributed by atoms with E-state index in [1.54, 1.807) is 24.3 Å². The van der Waals surface area contributed by atoms with Crippen molar-refractivity contribution < 1.29 is 9.21 Å². The smallest absolute Gasteiger partial charge is 0.263 e. The van der Waals surface area contributed by atoms with Crippen molar-refractivity contribution in [2.24, 2.45) is 4.99 Å². The normalized spacial score (nSPS) is 14.2. The summed E-state index contributed by atoms with van der Waals surface area (Å²) in [4.78, 5) is 18.2. The number of aliphatic imine (C=N–C) groups is 1. The number of nitrogens with one attached hydrogen (secondary N) is 1. The van der Waals surface area contributed by atoms with Gasteiger partial charge in [-0.25, -0.2) is 0 Å². The second kappa shape index (κ2) is 5.79. The van der Waals surface area contributed by atoms with Crippen LogP contribution in [0.4, 0.5) is 5.69 Å². The maximum absolute atomic E-state index is 12.4. The van der Waals surface area contributed by atoms with E-state index in [4.69, 9.17) is 27.6 Å². The molecule has 0 atom stereocenters. The van der Waals surface area contributed by atoms with Gasteiger partial charge in [-0.05, 0) is 18.2 Å². The Labute approximate surface area is 131 Å². The van der Waals surface area contributed by atoms with Gasteiger partial charge in [0.25, 0.3) is 5.91 Å². The van der Waals surface area contributed by atoms with E-state index in [-0.39, 0.29) is 5.91 Å². The molecule has 1 aliphatic heterocycles. The van der Waals surface area contributed by atoms with Crippen LogP contribution < -0.4 is 5.32 Å². The average Bonchev–Trinajstić information content (AvgIpc) is 3.13. The summed E-state index contributed by atoms with van der Waals surface area (Å²) in [6.45, 7) is 1.02. The van der Waals surface area contributed by atoms with Crippen molar-refractivity contribution in [3.05, 3.63) is 52.4 Å². The van der Waals surface area contributed by atoms with Crippen LogP contribution in [0.2, 0.25) is 10.0 Å². The van der Waals surface area contributed by atoms with Crippen LogP contribution >= 0.6 is 23.2 Å². The van der Waals surface area contributed by atoms with E-state index in [0.29, 0.717) is 40.3 Å². The van der Waals surface area contributed by atoms with Crippen LogP contribution in [0.15, 0.2) is 46.2 Å². The summed E-state index contributed by atoms with van der Waals surface area (Å²) < 4.78 is 4.94. The molecule has 2 heterocycles. The summed E-state index contributed by atoms with van der Waals surface area (Å²) in [6.07, 6.45) is 2.86. The number of amides is 1. The molecule has 7 heteroatoms. The van der Waals surface area contributed by atoms with Gasteiger partial charge in [-0.3, -0.25) is 14.7 Å². The molecule has 0 spiro atoms. The monoisotopic (exact) mass is 323 g/mol. The Kier molecular flexibility index (Phi) is 3.86. The lowest BCUT2D eigenvalue weighted by Crippen LogP contribution is -2.38. The first-order valence-corrected chi connectivity index (χ1v) is 7.02. The fraction of sp³-hybridized carbons (Fsp3) is 0.143. The standard InChI is InChI=1S/C14H11Cl2N3O2/c15-10-2-1-3-11(16)12(10)18-14-17-5-6-19(14)13(20)9-4-7-21-8-9/h1-4,7-8H,5-6H2,(H,17,18). The number of rotatable bonds is 2. The van der Waals surface area contributed by atoms with Gasteiger partial charge in [0.2, 0.25) is 5.96 Å². The second-order valence-electron chi connectivity index (χ2n) is 4.40. The summed E-state index contributed by atoms with van der Waals surface area (Å²) >= 11 is 12.2.